The van der Waals surface area contributed by atoms with Crippen LogP contribution in [0.5, 0.6) is 11.5 Å². The van der Waals surface area contributed by atoms with Gasteiger partial charge in [-0.15, -0.1) is 0 Å². The van der Waals surface area contributed by atoms with E-state index in [0.29, 0.717) is 19.0 Å². The van der Waals surface area contributed by atoms with Gasteiger partial charge in [-0.05, 0) is 17.7 Å². The molecule has 0 amide bonds. The Bertz CT molecular complexity index is 437. The SMILES string of the molecule is CC(C)(CC(=O)O)c1ccc2c(c1)OCCO2. The molecule has 2 rings (SSSR count). The maximum Gasteiger partial charge on any atom is 0.304 e. The molecule has 1 N–H and O–H groups in total. The molecule has 0 saturated carbocycles. The Morgan fingerprint density at radius 2 is 1.94 bits per heavy atom. The highest BCUT2D eigenvalue weighted by atomic mass is 16.6. The van der Waals surface area contributed by atoms with Crippen LogP contribution in [0.25, 0.3) is 0 Å². The predicted octanol–water partition coefficient (Wildman–Crippen LogP) is 2.21. The van der Waals surface area contributed by atoms with Crippen molar-refractivity contribution in [1.29, 1.82) is 0 Å². The van der Waals surface area contributed by atoms with E-state index in [1.54, 1.807) is 0 Å². The Labute approximate surface area is 100 Å². The van der Waals surface area contributed by atoms with Gasteiger partial charge in [0.25, 0.3) is 0 Å². The zero-order valence-electron chi connectivity index (χ0n) is 10.0. The lowest BCUT2D eigenvalue weighted by molar-refractivity contribution is -0.138. The second-order valence-electron chi connectivity index (χ2n) is 4.81. The highest BCUT2D eigenvalue weighted by molar-refractivity contribution is 5.69. The van der Waals surface area contributed by atoms with E-state index < -0.39 is 11.4 Å². The lowest BCUT2D eigenvalue weighted by Gasteiger charge is -2.26. The lowest BCUT2D eigenvalue weighted by atomic mass is 9.81. The molecule has 4 heteroatoms. The molecule has 1 aromatic rings. The molecule has 92 valence electrons. The van der Waals surface area contributed by atoms with E-state index in [-0.39, 0.29) is 6.42 Å². The minimum atomic E-state index is -0.801. The summed E-state index contributed by atoms with van der Waals surface area (Å²) in [6, 6.07) is 5.61. The number of hydrogen-bond donors (Lipinski definition) is 1. The maximum atomic E-state index is 10.8. The average molecular weight is 236 g/mol. The Balaban J connectivity index is 2.30. The van der Waals surface area contributed by atoms with E-state index in [1.165, 1.54) is 0 Å². The number of carboxylic acid groups (broad SMARTS) is 1. The van der Waals surface area contributed by atoms with E-state index in [9.17, 15) is 4.79 Å². The number of hydrogen-bond acceptors (Lipinski definition) is 3. The summed E-state index contributed by atoms with van der Waals surface area (Å²) < 4.78 is 10.9. The van der Waals surface area contributed by atoms with Crippen LogP contribution in [-0.2, 0) is 10.2 Å². The minimum absolute atomic E-state index is 0.0899. The number of carboxylic acids is 1. The molecule has 1 aliphatic rings. The summed E-state index contributed by atoms with van der Waals surface area (Å²) in [5.74, 6) is 0.628. The summed E-state index contributed by atoms with van der Waals surface area (Å²) in [5.41, 5.74) is 0.533. The third-order valence-corrected chi connectivity index (χ3v) is 2.92. The average Bonchev–Trinajstić information content (AvgIpc) is 2.26. The van der Waals surface area contributed by atoms with E-state index in [4.69, 9.17) is 14.6 Å². The van der Waals surface area contributed by atoms with Gasteiger partial charge >= 0.3 is 5.97 Å². The van der Waals surface area contributed by atoms with E-state index >= 15 is 0 Å². The smallest absolute Gasteiger partial charge is 0.304 e. The second-order valence-corrected chi connectivity index (χ2v) is 4.81. The molecule has 17 heavy (non-hydrogen) atoms. The number of carbonyl (C=O) groups is 1. The molecule has 1 aromatic carbocycles. The van der Waals surface area contributed by atoms with Gasteiger partial charge in [-0.1, -0.05) is 19.9 Å². The van der Waals surface area contributed by atoms with Crippen LogP contribution >= 0.6 is 0 Å². The largest absolute Gasteiger partial charge is 0.486 e. The van der Waals surface area contributed by atoms with Crippen LogP contribution < -0.4 is 9.47 Å². The number of aliphatic carboxylic acids is 1. The van der Waals surface area contributed by atoms with E-state index in [1.807, 2.05) is 32.0 Å². The summed E-state index contributed by atoms with van der Waals surface area (Å²) in [4.78, 5) is 10.8. The first kappa shape index (κ1) is 11.8. The van der Waals surface area contributed by atoms with Crippen LogP contribution in [-0.4, -0.2) is 24.3 Å². The lowest BCUT2D eigenvalue weighted by Crippen LogP contribution is -2.22. The van der Waals surface area contributed by atoms with Crippen molar-refractivity contribution < 1.29 is 19.4 Å². The van der Waals surface area contributed by atoms with Gasteiger partial charge in [0.15, 0.2) is 11.5 Å². The third-order valence-electron chi connectivity index (χ3n) is 2.92. The molecule has 0 saturated heterocycles. The molecule has 1 aliphatic heterocycles. The minimum Gasteiger partial charge on any atom is -0.486 e. The van der Waals surface area contributed by atoms with Crippen LogP contribution in [0.1, 0.15) is 25.8 Å². The zero-order chi connectivity index (χ0) is 12.5. The van der Waals surface area contributed by atoms with Gasteiger partial charge in [0.05, 0.1) is 6.42 Å². The fourth-order valence-electron chi connectivity index (χ4n) is 1.94. The van der Waals surface area contributed by atoms with Gasteiger partial charge in [-0.25, -0.2) is 0 Å². The number of ether oxygens (including phenoxy) is 2. The number of rotatable bonds is 3. The van der Waals surface area contributed by atoms with Crippen molar-refractivity contribution in [2.75, 3.05) is 13.2 Å². The molecule has 0 bridgehead atoms. The molecule has 0 spiro atoms. The highest BCUT2D eigenvalue weighted by Gasteiger charge is 2.26. The standard InChI is InChI=1S/C13H16O4/c1-13(2,8-12(14)15)9-3-4-10-11(7-9)17-6-5-16-10/h3-4,7H,5-6,8H2,1-2H3,(H,14,15). The summed E-state index contributed by atoms with van der Waals surface area (Å²) >= 11 is 0. The normalized spacial score (nSPS) is 14.5. The van der Waals surface area contributed by atoms with Crippen molar-refractivity contribution in [2.45, 2.75) is 25.7 Å². The molecular formula is C13H16O4. The van der Waals surface area contributed by atoms with Crippen molar-refractivity contribution in [3.8, 4) is 11.5 Å². The number of benzene rings is 1. The fourth-order valence-corrected chi connectivity index (χ4v) is 1.94. The molecule has 0 fully saturated rings. The molecule has 1 heterocycles. The van der Waals surface area contributed by atoms with Gasteiger partial charge in [0, 0.05) is 5.41 Å². The number of fused-ring (bicyclic) bond motifs is 1. The molecule has 0 aromatic heterocycles. The zero-order valence-corrected chi connectivity index (χ0v) is 10.0. The van der Waals surface area contributed by atoms with Crippen molar-refractivity contribution in [3.05, 3.63) is 23.8 Å². The van der Waals surface area contributed by atoms with Crippen LogP contribution in [0, 0.1) is 0 Å². The van der Waals surface area contributed by atoms with Gasteiger partial charge in [0.2, 0.25) is 0 Å². The molecule has 4 nitrogen and oxygen atoms in total. The quantitative estimate of drug-likeness (QED) is 0.874. The fraction of sp³-hybridized carbons (Fsp3) is 0.462. The predicted molar refractivity (Wildman–Crippen MR) is 62.7 cm³/mol. The van der Waals surface area contributed by atoms with Crippen molar-refractivity contribution in [1.82, 2.24) is 0 Å². The van der Waals surface area contributed by atoms with E-state index in [0.717, 1.165) is 11.3 Å². The first-order valence-corrected chi connectivity index (χ1v) is 5.61. The molecular weight excluding hydrogens is 220 g/mol. The van der Waals surface area contributed by atoms with Gasteiger partial charge < -0.3 is 14.6 Å². The Kier molecular flexibility index (Phi) is 2.96. The maximum absolute atomic E-state index is 10.8. The van der Waals surface area contributed by atoms with Crippen molar-refractivity contribution in [3.63, 3.8) is 0 Å². The summed E-state index contributed by atoms with van der Waals surface area (Å²) in [6.07, 6.45) is 0.0899. The summed E-state index contributed by atoms with van der Waals surface area (Å²) in [6.45, 7) is 4.92. The molecule has 0 unspecified atom stereocenters. The molecule has 0 atom stereocenters. The molecule has 0 aliphatic carbocycles. The first-order valence-electron chi connectivity index (χ1n) is 5.61. The Hall–Kier alpha value is -1.71. The first-order chi connectivity index (χ1) is 7.99. The Morgan fingerprint density at radius 3 is 2.59 bits per heavy atom. The van der Waals surface area contributed by atoms with Crippen molar-refractivity contribution in [2.24, 2.45) is 0 Å². The van der Waals surface area contributed by atoms with Crippen LogP contribution in [0.3, 0.4) is 0 Å². The topological polar surface area (TPSA) is 55.8 Å². The van der Waals surface area contributed by atoms with Crippen LogP contribution in [0.15, 0.2) is 18.2 Å². The van der Waals surface area contributed by atoms with Crippen LogP contribution in [0.2, 0.25) is 0 Å². The highest BCUT2D eigenvalue weighted by Crippen LogP contribution is 2.36. The van der Waals surface area contributed by atoms with E-state index in [2.05, 4.69) is 0 Å². The summed E-state index contributed by atoms with van der Waals surface area (Å²) in [7, 11) is 0. The van der Waals surface area contributed by atoms with Gasteiger partial charge in [-0.3, -0.25) is 4.79 Å². The second kappa shape index (κ2) is 4.28. The monoisotopic (exact) mass is 236 g/mol. The van der Waals surface area contributed by atoms with Gasteiger partial charge in [0.1, 0.15) is 13.2 Å². The third kappa shape index (κ3) is 2.52. The Morgan fingerprint density at radius 1 is 1.29 bits per heavy atom. The van der Waals surface area contributed by atoms with Gasteiger partial charge in [-0.2, -0.15) is 0 Å². The van der Waals surface area contributed by atoms with Crippen LogP contribution in [0.4, 0.5) is 0 Å². The van der Waals surface area contributed by atoms with Crippen molar-refractivity contribution >= 4 is 5.97 Å². The summed E-state index contributed by atoms with van der Waals surface area (Å²) in [5, 5.41) is 8.89. The molecule has 0 radical (unpaired) electrons.